The molecule has 1 aromatic heterocycles. The Hall–Kier alpha value is -1.16. The van der Waals surface area contributed by atoms with Crippen LogP contribution in [0.25, 0.3) is 0 Å². The molecule has 0 amide bonds. The van der Waals surface area contributed by atoms with Crippen molar-refractivity contribution in [2.45, 2.75) is 25.7 Å². The molecule has 2 heterocycles. The number of nitrogens with two attached hydrogens (primary N) is 1. The zero-order valence-corrected chi connectivity index (χ0v) is 9.02. The minimum Gasteiger partial charge on any atom is -0.356 e. The molecule has 2 rings (SSSR count). The highest BCUT2D eigenvalue weighted by molar-refractivity contribution is 5.45. The van der Waals surface area contributed by atoms with E-state index in [1.807, 2.05) is 6.20 Å². The highest BCUT2D eigenvalue weighted by Crippen LogP contribution is 2.20. The molecule has 1 fully saturated rings. The van der Waals surface area contributed by atoms with Crippen LogP contribution in [-0.4, -0.2) is 29.6 Å². The largest absolute Gasteiger partial charge is 0.356 e. The van der Waals surface area contributed by atoms with E-state index in [4.69, 9.17) is 5.73 Å². The van der Waals surface area contributed by atoms with Gasteiger partial charge in [0.15, 0.2) is 0 Å². The molecular formula is C11H18N4. The second-order valence-electron chi connectivity index (χ2n) is 3.96. The smallest absolute Gasteiger partial charge is 0.135 e. The number of piperidine rings is 1. The van der Waals surface area contributed by atoms with Crippen molar-refractivity contribution in [2.75, 3.05) is 24.5 Å². The zero-order chi connectivity index (χ0) is 10.5. The Morgan fingerprint density at radius 2 is 2.07 bits per heavy atom. The summed E-state index contributed by atoms with van der Waals surface area (Å²) in [6.07, 6.45) is 8.27. The normalized spacial score (nSPS) is 16.7. The molecule has 0 aliphatic carbocycles. The lowest BCUT2D eigenvalue weighted by atomic mass is 10.1. The standard InChI is InChI=1S/C11H18N4/c12-5-4-10-8-13-9-14-11(10)15-6-2-1-3-7-15/h8-9H,1-7,12H2. The molecule has 4 heteroatoms. The van der Waals surface area contributed by atoms with Gasteiger partial charge in [-0.05, 0) is 32.2 Å². The summed E-state index contributed by atoms with van der Waals surface area (Å²) in [6.45, 7) is 2.90. The maximum absolute atomic E-state index is 5.58. The van der Waals surface area contributed by atoms with Crippen molar-refractivity contribution in [3.05, 3.63) is 18.1 Å². The lowest BCUT2D eigenvalue weighted by molar-refractivity contribution is 0.571. The third-order valence-corrected chi connectivity index (χ3v) is 2.83. The van der Waals surface area contributed by atoms with Crippen LogP contribution in [0, 0.1) is 0 Å². The van der Waals surface area contributed by atoms with Crippen LogP contribution >= 0.6 is 0 Å². The van der Waals surface area contributed by atoms with E-state index in [-0.39, 0.29) is 0 Å². The Kier molecular flexibility index (Phi) is 3.50. The molecule has 4 nitrogen and oxygen atoms in total. The van der Waals surface area contributed by atoms with Gasteiger partial charge in [0.05, 0.1) is 0 Å². The van der Waals surface area contributed by atoms with Crippen molar-refractivity contribution in [1.29, 1.82) is 0 Å². The van der Waals surface area contributed by atoms with Gasteiger partial charge in [-0.2, -0.15) is 0 Å². The number of rotatable bonds is 3. The SMILES string of the molecule is NCCc1cncnc1N1CCCCC1. The monoisotopic (exact) mass is 206 g/mol. The van der Waals surface area contributed by atoms with Crippen LogP contribution in [0.15, 0.2) is 12.5 Å². The number of hydrogen-bond acceptors (Lipinski definition) is 4. The second kappa shape index (κ2) is 5.07. The van der Waals surface area contributed by atoms with E-state index in [9.17, 15) is 0 Å². The van der Waals surface area contributed by atoms with Crippen molar-refractivity contribution in [1.82, 2.24) is 9.97 Å². The molecule has 82 valence electrons. The molecule has 0 unspecified atom stereocenters. The molecule has 15 heavy (non-hydrogen) atoms. The highest BCUT2D eigenvalue weighted by atomic mass is 15.2. The molecule has 1 saturated heterocycles. The predicted molar refractivity (Wildman–Crippen MR) is 60.9 cm³/mol. The van der Waals surface area contributed by atoms with Crippen molar-refractivity contribution in [3.63, 3.8) is 0 Å². The predicted octanol–water partition coefficient (Wildman–Crippen LogP) is 0.968. The number of hydrogen-bond donors (Lipinski definition) is 1. The molecule has 1 aromatic rings. The molecule has 0 radical (unpaired) electrons. The maximum atomic E-state index is 5.58. The molecular weight excluding hydrogens is 188 g/mol. The summed E-state index contributed by atoms with van der Waals surface area (Å²) >= 11 is 0. The lowest BCUT2D eigenvalue weighted by Gasteiger charge is -2.29. The minimum absolute atomic E-state index is 0.661. The van der Waals surface area contributed by atoms with E-state index in [0.29, 0.717) is 6.54 Å². The average molecular weight is 206 g/mol. The van der Waals surface area contributed by atoms with Crippen molar-refractivity contribution >= 4 is 5.82 Å². The molecule has 0 aromatic carbocycles. The fourth-order valence-corrected chi connectivity index (χ4v) is 2.07. The van der Waals surface area contributed by atoms with Crippen LogP contribution in [-0.2, 0) is 6.42 Å². The van der Waals surface area contributed by atoms with Gasteiger partial charge in [0.2, 0.25) is 0 Å². The fraction of sp³-hybridized carbons (Fsp3) is 0.636. The molecule has 0 spiro atoms. The summed E-state index contributed by atoms with van der Waals surface area (Å²) in [4.78, 5) is 10.8. The third kappa shape index (κ3) is 2.45. The highest BCUT2D eigenvalue weighted by Gasteiger charge is 2.15. The number of nitrogens with zero attached hydrogens (tertiary/aromatic N) is 3. The number of aromatic nitrogens is 2. The van der Waals surface area contributed by atoms with Gasteiger partial charge < -0.3 is 10.6 Å². The van der Waals surface area contributed by atoms with Gasteiger partial charge in [-0.25, -0.2) is 9.97 Å². The van der Waals surface area contributed by atoms with Gasteiger partial charge in [0.1, 0.15) is 12.1 Å². The first-order chi connectivity index (χ1) is 7.42. The summed E-state index contributed by atoms with van der Waals surface area (Å²) in [5, 5.41) is 0. The van der Waals surface area contributed by atoms with Crippen LogP contribution in [0.2, 0.25) is 0 Å². The molecule has 0 saturated carbocycles. The number of anilines is 1. The molecule has 0 bridgehead atoms. The Labute approximate surface area is 90.5 Å². The summed E-state index contributed by atoms with van der Waals surface area (Å²) < 4.78 is 0. The molecule has 0 atom stereocenters. The minimum atomic E-state index is 0.661. The quantitative estimate of drug-likeness (QED) is 0.800. The van der Waals surface area contributed by atoms with Crippen LogP contribution in [0.5, 0.6) is 0 Å². The molecule has 2 N–H and O–H groups in total. The van der Waals surface area contributed by atoms with E-state index in [2.05, 4.69) is 14.9 Å². The van der Waals surface area contributed by atoms with E-state index < -0.39 is 0 Å². The van der Waals surface area contributed by atoms with E-state index in [1.54, 1.807) is 6.33 Å². The van der Waals surface area contributed by atoms with E-state index in [0.717, 1.165) is 25.3 Å². The zero-order valence-electron chi connectivity index (χ0n) is 9.02. The maximum Gasteiger partial charge on any atom is 0.135 e. The first-order valence-electron chi connectivity index (χ1n) is 5.65. The van der Waals surface area contributed by atoms with Crippen molar-refractivity contribution in [2.24, 2.45) is 5.73 Å². The Bertz CT molecular complexity index is 307. The Morgan fingerprint density at radius 1 is 1.27 bits per heavy atom. The first kappa shape index (κ1) is 10.4. The summed E-state index contributed by atoms with van der Waals surface area (Å²) in [7, 11) is 0. The van der Waals surface area contributed by atoms with Gasteiger partial charge in [-0.3, -0.25) is 0 Å². The van der Waals surface area contributed by atoms with Gasteiger partial charge in [-0.15, -0.1) is 0 Å². The molecule has 1 aliphatic heterocycles. The van der Waals surface area contributed by atoms with Crippen LogP contribution < -0.4 is 10.6 Å². The van der Waals surface area contributed by atoms with Crippen LogP contribution in [0.4, 0.5) is 5.82 Å². The summed E-state index contributed by atoms with van der Waals surface area (Å²) in [5.41, 5.74) is 6.77. The van der Waals surface area contributed by atoms with Gasteiger partial charge in [-0.1, -0.05) is 0 Å². The van der Waals surface area contributed by atoms with Crippen LogP contribution in [0.3, 0.4) is 0 Å². The Balaban J connectivity index is 2.17. The third-order valence-electron chi connectivity index (χ3n) is 2.83. The first-order valence-corrected chi connectivity index (χ1v) is 5.65. The average Bonchev–Trinajstić information content (AvgIpc) is 2.31. The Morgan fingerprint density at radius 3 is 2.80 bits per heavy atom. The van der Waals surface area contributed by atoms with Gasteiger partial charge in [0.25, 0.3) is 0 Å². The molecule has 1 aliphatic rings. The van der Waals surface area contributed by atoms with E-state index in [1.165, 1.54) is 24.8 Å². The van der Waals surface area contributed by atoms with Crippen LogP contribution in [0.1, 0.15) is 24.8 Å². The van der Waals surface area contributed by atoms with Crippen molar-refractivity contribution < 1.29 is 0 Å². The van der Waals surface area contributed by atoms with Gasteiger partial charge >= 0.3 is 0 Å². The fourth-order valence-electron chi connectivity index (χ4n) is 2.07. The second-order valence-corrected chi connectivity index (χ2v) is 3.96. The topological polar surface area (TPSA) is 55.0 Å². The summed E-state index contributed by atoms with van der Waals surface area (Å²) in [6, 6.07) is 0. The summed E-state index contributed by atoms with van der Waals surface area (Å²) in [5.74, 6) is 1.09. The van der Waals surface area contributed by atoms with Crippen molar-refractivity contribution in [3.8, 4) is 0 Å². The van der Waals surface area contributed by atoms with E-state index >= 15 is 0 Å². The van der Waals surface area contributed by atoms with Gasteiger partial charge in [0, 0.05) is 24.8 Å². The lowest BCUT2D eigenvalue weighted by Crippen LogP contribution is -2.31.